The van der Waals surface area contributed by atoms with Crippen molar-refractivity contribution in [2.24, 2.45) is 0 Å². The molecule has 1 aliphatic heterocycles. The van der Waals surface area contributed by atoms with Crippen molar-refractivity contribution in [3.63, 3.8) is 0 Å². The summed E-state index contributed by atoms with van der Waals surface area (Å²) in [5.74, 6) is 0.484. The van der Waals surface area contributed by atoms with Gasteiger partial charge in [-0.15, -0.1) is 11.3 Å². The highest BCUT2D eigenvalue weighted by Gasteiger charge is 2.23. The normalized spacial score (nSPS) is 19.4. The van der Waals surface area contributed by atoms with Gasteiger partial charge in [-0.05, 0) is 0 Å². The van der Waals surface area contributed by atoms with Crippen LogP contribution in [0.25, 0.3) is 0 Å². The lowest BCUT2D eigenvalue weighted by molar-refractivity contribution is 0.581. The average molecular weight is 289 g/mol. The molecule has 102 valence electrons. The van der Waals surface area contributed by atoms with Gasteiger partial charge in [-0.3, -0.25) is 0 Å². The lowest BCUT2D eigenvalue weighted by atomic mass is 10.4. The van der Waals surface area contributed by atoms with Crippen molar-refractivity contribution in [2.75, 3.05) is 29.5 Å². The zero-order valence-electron chi connectivity index (χ0n) is 10.7. The summed E-state index contributed by atoms with van der Waals surface area (Å²) in [7, 11) is -2.82. The van der Waals surface area contributed by atoms with Gasteiger partial charge >= 0.3 is 0 Å². The number of rotatable bonds is 4. The number of nitrogens with one attached hydrogen (secondary N) is 1. The number of hydrogen-bond acceptors (Lipinski definition) is 6. The summed E-state index contributed by atoms with van der Waals surface area (Å²) in [5, 5.41) is 6.29. The van der Waals surface area contributed by atoms with E-state index in [2.05, 4.69) is 29.0 Å². The Bertz CT molecular complexity index is 482. The van der Waals surface area contributed by atoms with Gasteiger partial charge in [-0.2, -0.15) is 0 Å². The first kappa shape index (κ1) is 13.8. The lowest BCUT2D eigenvalue weighted by Gasteiger charge is -2.25. The summed E-state index contributed by atoms with van der Waals surface area (Å²) in [4.78, 5) is 6.60. The summed E-state index contributed by atoms with van der Waals surface area (Å²) in [6.07, 6.45) is 0. The molecule has 0 unspecified atom stereocenters. The molecule has 2 heterocycles. The van der Waals surface area contributed by atoms with Gasteiger partial charge < -0.3 is 10.2 Å². The van der Waals surface area contributed by atoms with E-state index >= 15 is 0 Å². The molecule has 1 aromatic rings. The maximum atomic E-state index is 11.4. The van der Waals surface area contributed by atoms with Crippen molar-refractivity contribution in [3.8, 4) is 0 Å². The van der Waals surface area contributed by atoms with Crippen molar-refractivity contribution in [3.05, 3.63) is 11.1 Å². The SMILES string of the molecule is CC(C)NCc1csc(N2CCS(=O)(=O)CC2)n1. The predicted molar refractivity (Wildman–Crippen MR) is 75.0 cm³/mol. The van der Waals surface area contributed by atoms with Gasteiger partial charge in [0.25, 0.3) is 0 Å². The minimum atomic E-state index is -2.82. The topological polar surface area (TPSA) is 62.3 Å². The van der Waals surface area contributed by atoms with Crippen LogP contribution in [0.5, 0.6) is 0 Å². The van der Waals surface area contributed by atoms with Gasteiger partial charge in [0.15, 0.2) is 15.0 Å². The number of thiazole rings is 1. The number of hydrogen-bond donors (Lipinski definition) is 1. The van der Waals surface area contributed by atoms with E-state index in [1.54, 1.807) is 11.3 Å². The molecule has 0 atom stereocenters. The second-order valence-corrected chi connectivity index (χ2v) is 7.94. The van der Waals surface area contributed by atoms with Crippen LogP contribution in [0.1, 0.15) is 19.5 Å². The molecule has 7 heteroatoms. The molecule has 1 aromatic heterocycles. The number of aromatic nitrogens is 1. The first-order valence-corrected chi connectivity index (χ1v) is 8.79. The highest BCUT2D eigenvalue weighted by atomic mass is 32.2. The van der Waals surface area contributed by atoms with Crippen LogP contribution >= 0.6 is 11.3 Å². The molecule has 18 heavy (non-hydrogen) atoms. The van der Waals surface area contributed by atoms with Gasteiger partial charge in [0.2, 0.25) is 0 Å². The molecule has 1 fully saturated rings. The maximum Gasteiger partial charge on any atom is 0.185 e. The Hall–Kier alpha value is -0.660. The van der Waals surface area contributed by atoms with E-state index in [4.69, 9.17) is 0 Å². The standard InChI is InChI=1S/C11H19N3O2S2/c1-9(2)12-7-10-8-17-11(13-10)14-3-5-18(15,16)6-4-14/h8-9,12H,3-7H2,1-2H3. The summed E-state index contributed by atoms with van der Waals surface area (Å²) in [6, 6.07) is 0.440. The van der Waals surface area contributed by atoms with Crippen LogP contribution < -0.4 is 10.2 Å². The lowest BCUT2D eigenvalue weighted by Crippen LogP contribution is -2.40. The molecule has 0 saturated carbocycles. The Morgan fingerprint density at radius 1 is 1.44 bits per heavy atom. The molecule has 1 N–H and O–H groups in total. The van der Waals surface area contributed by atoms with Crippen LogP contribution in [-0.4, -0.2) is 44.0 Å². The number of sulfone groups is 1. The second kappa shape index (κ2) is 5.54. The maximum absolute atomic E-state index is 11.4. The summed E-state index contributed by atoms with van der Waals surface area (Å²) in [6.45, 7) is 6.09. The fourth-order valence-electron chi connectivity index (χ4n) is 1.74. The molecule has 2 rings (SSSR count). The van der Waals surface area contributed by atoms with Gasteiger partial charge in [-0.25, -0.2) is 13.4 Å². The Morgan fingerprint density at radius 3 is 2.72 bits per heavy atom. The molecule has 0 amide bonds. The van der Waals surface area contributed by atoms with Crippen molar-refractivity contribution in [2.45, 2.75) is 26.4 Å². The fraction of sp³-hybridized carbons (Fsp3) is 0.727. The van der Waals surface area contributed by atoms with E-state index in [-0.39, 0.29) is 11.5 Å². The number of nitrogens with zero attached hydrogens (tertiary/aromatic N) is 2. The van der Waals surface area contributed by atoms with E-state index < -0.39 is 9.84 Å². The fourth-order valence-corrected chi connectivity index (χ4v) is 3.82. The third-order valence-electron chi connectivity index (χ3n) is 2.85. The van der Waals surface area contributed by atoms with Crippen LogP contribution in [0.4, 0.5) is 5.13 Å². The van der Waals surface area contributed by atoms with Crippen molar-refractivity contribution in [1.82, 2.24) is 10.3 Å². The largest absolute Gasteiger partial charge is 0.346 e. The molecule has 1 aliphatic rings. The Labute approximate surface area is 112 Å². The third kappa shape index (κ3) is 3.66. The molecule has 0 radical (unpaired) electrons. The highest BCUT2D eigenvalue weighted by Crippen LogP contribution is 2.22. The molecular weight excluding hydrogens is 270 g/mol. The molecule has 0 aliphatic carbocycles. The van der Waals surface area contributed by atoms with E-state index in [1.165, 1.54) is 0 Å². The quantitative estimate of drug-likeness (QED) is 0.891. The van der Waals surface area contributed by atoms with Gasteiger partial charge in [-0.1, -0.05) is 13.8 Å². The first-order chi connectivity index (χ1) is 8.46. The van der Waals surface area contributed by atoms with Crippen LogP contribution in [0.2, 0.25) is 0 Å². The molecule has 5 nitrogen and oxygen atoms in total. The molecule has 1 saturated heterocycles. The van der Waals surface area contributed by atoms with Crippen molar-refractivity contribution < 1.29 is 8.42 Å². The minimum absolute atomic E-state index is 0.242. The molecule has 0 aromatic carbocycles. The smallest absolute Gasteiger partial charge is 0.185 e. The van der Waals surface area contributed by atoms with Crippen LogP contribution in [-0.2, 0) is 16.4 Å². The molecule has 0 bridgehead atoms. The third-order valence-corrected chi connectivity index (χ3v) is 5.41. The van der Waals surface area contributed by atoms with E-state index in [1.807, 2.05) is 5.38 Å². The Morgan fingerprint density at radius 2 is 2.11 bits per heavy atom. The van der Waals surface area contributed by atoms with Crippen LogP contribution in [0.15, 0.2) is 5.38 Å². The van der Waals surface area contributed by atoms with E-state index in [9.17, 15) is 8.42 Å². The highest BCUT2D eigenvalue weighted by molar-refractivity contribution is 7.91. The zero-order valence-corrected chi connectivity index (χ0v) is 12.4. The summed E-state index contributed by atoms with van der Waals surface area (Å²) in [5.41, 5.74) is 1.03. The van der Waals surface area contributed by atoms with Gasteiger partial charge in [0, 0.05) is 31.1 Å². The Balaban J connectivity index is 1.94. The average Bonchev–Trinajstić information content (AvgIpc) is 2.75. The van der Waals surface area contributed by atoms with Crippen LogP contribution in [0, 0.1) is 0 Å². The number of anilines is 1. The van der Waals surface area contributed by atoms with Crippen molar-refractivity contribution in [1.29, 1.82) is 0 Å². The minimum Gasteiger partial charge on any atom is -0.346 e. The van der Waals surface area contributed by atoms with Gasteiger partial charge in [0.05, 0.1) is 17.2 Å². The van der Waals surface area contributed by atoms with Gasteiger partial charge in [0.1, 0.15) is 0 Å². The van der Waals surface area contributed by atoms with E-state index in [0.717, 1.165) is 17.4 Å². The van der Waals surface area contributed by atoms with Crippen LogP contribution in [0.3, 0.4) is 0 Å². The monoisotopic (exact) mass is 289 g/mol. The Kier molecular flexibility index (Phi) is 4.24. The first-order valence-electron chi connectivity index (χ1n) is 6.09. The van der Waals surface area contributed by atoms with E-state index in [0.29, 0.717) is 19.1 Å². The molecular formula is C11H19N3O2S2. The van der Waals surface area contributed by atoms with Crippen molar-refractivity contribution >= 4 is 26.3 Å². The predicted octanol–water partition coefficient (Wildman–Crippen LogP) is 0.876. The summed E-state index contributed by atoms with van der Waals surface area (Å²) < 4.78 is 22.7. The second-order valence-electron chi connectivity index (χ2n) is 4.80. The molecule has 0 spiro atoms. The summed E-state index contributed by atoms with van der Waals surface area (Å²) >= 11 is 1.59. The zero-order chi connectivity index (χ0) is 13.2.